The number of methoxy groups -OCH3 is 1. The van der Waals surface area contributed by atoms with E-state index in [0.717, 1.165) is 17.7 Å². The summed E-state index contributed by atoms with van der Waals surface area (Å²) in [5.74, 6) is -0.766. The Hall–Kier alpha value is -3.14. The number of fused-ring (bicyclic) bond motifs is 1. The number of nitro groups is 1. The maximum absolute atomic E-state index is 12.2. The Balaban J connectivity index is 2.08. The zero-order valence-corrected chi connectivity index (χ0v) is 13.1. The van der Waals surface area contributed by atoms with E-state index < -0.39 is 22.1 Å². The molecule has 3 aromatic rings. The summed E-state index contributed by atoms with van der Waals surface area (Å²) in [4.78, 5) is 43.3. The molecule has 0 aliphatic carbocycles. The topological polar surface area (TPSA) is 117 Å². The number of aromatic nitrogens is 3. The first-order valence-corrected chi connectivity index (χ1v) is 7.49. The van der Waals surface area contributed by atoms with Crippen LogP contribution in [-0.2, 0) is 11.3 Å². The molecule has 9 nitrogen and oxygen atoms in total. The maximum Gasteiger partial charge on any atom is 0.339 e. The van der Waals surface area contributed by atoms with Crippen LogP contribution in [0.1, 0.15) is 15.4 Å². The summed E-state index contributed by atoms with van der Waals surface area (Å²) < 4.78 is 5.64. The molecule has 24 heavy (non-hydrogen) atoms. The van der Waals surface area contributed by atoms with Crippen LogP contribution in [0.4, 0.5) is 5.69 Å². The Labute approximate surface area is 138 Å². The molecule has 0 unspecified atom stereocenters. The molecule has 0 aliphatic heterocycles. The first kappa shape index (κ1) is 15.7. The number of rotatable bonds is 4. The highest BCUT2D eigenvalue weighted by molar-refractivity contribution is 7.18. The third-order valence-corrected chi connectivity index (χ3v) is 4.17. The number of ether oxygens (including phenoxy) is 1. The molecule has 0 radical (unpaired) electrons. The lowest BCUT2D eigenvalue weighted by Gasteiger charge is -2.06. The minimum Gasteiger partial charge on any atom is -0.465 e. The van der Waals surface area contributed by atoms with Gasteiger partial charge in [0.05, 0.1) is 24.1 Å². The standard InChI is InChI=1S/C14H10N4O5S/c1-23-14(20)8-5-10(18(21)22)13(19)17(6-8)7-11-16-9-3-2-4-15-12(9)24-11/h2-6H,7H2,1H3. The first-order chi connectivity index (χ1) is 11.5. The second kappa shape index (κ2) is 6.16. The van der Waals surface area contributed by atoms with E-state index in [4.69, 9.17) is 0 Å². The molecule has 0 aromatic carbocycles. The lowest BCUT2D eigenvalue weighted by atomic mass is 10.2. The highest BCUT2D eigenvalue weighted by Crippen LogP contribution is 2.20. The number of carbonyl (C=O) groups is 1. The van der Waals surface area contributed by atoms with Crippen LogP contribution in [0.5, 0.6) is 0 Å². The largest absolute Gasteiger partial charge is 0.465 e. The van der Waals surface area contributed by atoms with E-state index in [-0.39, 0.29) is 12.1 Å². The minimum atomic E-state index is -0.828. The van der Waals surface area contributed by atoms with Crippen molar-refractivity contribution in [2.24, 2.45) is 0 Å². The van der Waals surface area contributed by atoms with Gasteiger partial charge in [0.2, 0.25) is 0 Å². The van der Waals surface area contributed by atoms with E-state index in [0.29, 0.717) is 15.4 Å². The third-order valence-electron chi connectivity index (χ3n) is 3.20. The summed E-state index contributed by atoms with van der Waals surface area (Å²) in [6.45, 7) is -0.00840. The summed E-state index contributed by atoms with van der Waals surface area (Å²) in [6.07, 6.45) is 2.85. The molecular weight excluding hydrogens is 336 g/mol. The van der Waals surface area contributed by atoms with Gasteiger partial charge >= 0.3 is 17.2 Å². The zero-order chi connectivity index (χ0) is 17.3. The quantitative estimate of drug-likeness (QED) is 0.400. The van der Waals surface area contributed by atoms with E-state index in [2.05, 4.69) is 14.7 Å². The predicted octanol–water partition coefficient (Wildman–Crippen LogP) is 1.60. The van der Waals surface area contributed by atoms with Gasteiger partial charge in [-0.05, 0) is 12.1 Å². The Morgan fingerprint density at radius 3 is 2.96 bits per heavy atom. The van der Waals surface area contributed by atoms with Crippen LogP contribution in [0.2, 0.25) is 0 Å². The monoisotopic (exact) mass is 346 g/mol. The fraction of sp³-hybridized carbons (Fsp3) is 0.143. The van der Waals surface area contributed by atoms with Crippen molar-refractivity contribution in [3.63, 3.8) is 0 Å². The molecule has 0 atom stereocenters. The average molecular weight is 346 g/mol. The SMILES string of the molecule is COC(=O)c1cc([N+](=O)[O-])c(=O)n(Cc2nc3cccnc3s2)c1. The van der Waals surface area contributed by atoms with Gasteiger partial charge in [0.15, 0.2) is 0 Å². The molecule has 122 valence electrons. The van der Waals surface area contributed by atoms with Gasteiger partial charge in [0, 0.05) is 18.5 Å². The number of thiazole rings is 1. The number of hydrogen-bond acceptors (Lipinski definition) is 8. The molecule has 0 spiro atoms. The van der Waals surface area contributed by atoms with Crippen molar-refractivity contribution in [2.75, 3.05) is 7.11 Å². The maximum atomic E-state index is 12.2. The van der Waals surface area contributed by atoms with Crippen molar-refractivity contribution in [3.05, 3.63) is 61.6 Å². The highest BCUT2D eigenvalue weighted by atomic mass is 32.1. The van der Waals surface area contributed by atoms with Gasteiger partial charge in [-0.15, -0.1) is 0 Å². The molecule has 10 heteroatoms. The number of pyridine rings is 2. The van der Waals surface area contributed by atoms with E-state index >= 15 is 0 Å². The van der Waals surface area contributed by atoms with Crippen molar-refractivity contribution in [1.29, 1.82) is 0 Å². The summed E-state index contributed by atoms with van der Waals surface area (Å²) >= 11 is 1.27. The summed E-state index contributed by atoms with van der Waals surface area (Å²) in [5.41, 5.74) is -0.927. The lowest BCUT2D eigenvalue weighted by Crippen LogP contribution is -2.24. The molecule has 0 saturated heterocycles. The molecule has 3 heterocycles. The third kappa shape index (κ3) is 2.86. The van der Waals surface area contributed by atoms with Crippen molar-refractivity contribution < 1.29 is 14.5 Å². The van der Waals surface area contributed by atoms with Gasteiger partial charge in [0.1, 0.15) is 15.4 Å². The summed E-state index contributed by atoms with van der Waals surface area (Å²) in [7, 11) is 1.16. The van der Waals surface area contributed by atoms with Gasteiger partial charge in [-0.1, -0.05) is 11.3 Å². The van der Waals surface area contributed by atoms with Crippen LogP contribution >= 0.6 is 11.3 Å². The Kier molecular flexibility index (Phi) is 4.04. The van der Waals surface area contributed by atoms with Gasteiger partial charge < -0.3 is 9.30 Å². The zero-order valence-electron chi connectivity index (χ0n) is 12.3. The van der Waals surface area contributed by atoms with Gasteiger partial charge in [-0.25, -0.2) is 14.8 Å². The predicted molar refractivity (Wildman–Crippen MR) is 85.2 cm³/mol. The Bertz CT molecular complexity index is 977. The fourth-order valence-corrected chi connectivity index (χ4v) is 3.03. The molecule has 0 saturated carbocycles. The van der Waals surface area contributed by atoms with Crippen LogP contribution in [0, 0.1) is 10.1 Å². The smallest absolute Gasteiger partial charge is 0.339 e. The Morgan fingerprint density at radius 1 is 1.50 bits per heavy atom. The molecule has 0 N–H and O–H groups in total. The number of hydrogen-bond donors (Lipinski definition) is 0. The van der Waals surface area contributed by atoms with Crippen LogP contribution < -0.4 is 5.56 Å². The van der Waals surface area contributed by atoms with E-state index in [9.17, 15) is 19.7 Å². The number of carbonyl (C=O) groups excluding carboxylic acids is 1. The number of esters is 1. The van der Waals surface area contributed by atoms with E-state index in [1.54, 1.807) is 18.3 Å². The van der Waals surface area contributed by atoms with Crippen molar-refractivity contribution in [3.8, 4) is 0 Å². The lowest BCUT2D eigenvalue weighted by molar-refractivity contribution is -0.386. The van der Waals surface area contributed by atoms with E-state index in [1.165, 1.54) is 17.5 Å². The normalized spacial score (nSPS) is 10.7. The van der Waals surface area contributed by atoms with Gasteiger partial charge in [-0.3, -0.25) is 14.9 Å². The summed E-state index contributed by atoms with van der Waals surface area (Å²) in [5, 5.41) is 11.6. The second-order valence-electron chi connectivity index (χ2n) is 4.73. The second-order valence-corrected chi connectivity index (χ2v) is 5.79. The molecule has 0 amide bonds. The van der Waals surface area contributed by atoms with Crippen molar-refractivity contribution in [1.82, 2.24) is 14.5 Å². The van der Waals surface area contributed by atoms with Crippen LogP contribution in [0.15, 0.2) is 35.4 Å². The average Bonchev–Trinajstić information content (AvgIpc) is 2.97. The Morgan fingerprint density at radius 2 is 2.29 bits per heavy atom. The number of nitrogens with zero attached hydrogens (tertiary/aromatic N) is 4. The molecule has 0 fully saturated rings. The van der Waals surface area contributed by atoms with Crippen molar-refractivity contribution in [2.45, 2.75) is 6.54 Å². The first-order valence-electron chi connectivity index (χ1n) is 6.67. The van der Waals surface area contributed by atoms with Gasteiger partial charge in [-0.2, -0.15) is 0 Å². The van der Waals surface area contributed by atoms with Crippen molar-refractivity contribution >= 4 is 33.3 Å². The van der Waals surface area contributed by atoms with Crippen LogP contribution in [0.3, 0.4) is 0 Å². The fourth-order valence-electron chi connectivity index (χ4n) is 2.13. The molecule has 0 aliphatic rings. The van der Waals surface area contributed by atoms with Crippen LogP contribution in [0.25, 0.3) is 10.3 Å². The summed E-state index contributed by atoms with van der Waals surface area (Å²) in [6, 6.07) is 4.42. The van der Waals surface area contributed by atoms with E-state index in [1.807, 2.05) is 0 Å². The minimum absolute atomic E-state index is 0.00840. The molecule has 0 bridgehead atoms. The highest BCUT2D eigenvalue weighted by Gasteiger charge is 2.21. The molecular formula is C14H10N4O5S. The van der Waals surface area contributed by atoms with Gasteiger partial charge in [0.25, 0.3) is 0 Å². The molecule has 3 aromatic heterocycles. The van der Waals surface area contributed by atoms with Crippen LogP contribution in [-0.4, -0.2) is 32.5 Å². The molecule has 3 rings (SSSR count).